The molecule has 0 fully saturated rings. The zero-order valence-electron chi connectivity index (χ0n) is 11.1. The van der Waals surface area contributed by atoms with E-state index in [0.717, 1.165) is 12.0 Å². The highest BCUT2D eigenvalue weighted by Crippen LogP contribution is 2.32. The summed E-state index contributed by atoms with van der Waals surface area (Å²) < 4.78 is 1.69. The number of aliphatic hydroxyl groups is 2. The number of aliphatic hydroxyl groups excluding tert-OH is 2. The second-order valence-corrected chi connectivity index (χ2v) is 6.68. The van der Waals surface area contributed by atoms with Gasteiger partial charge in [-0.1, -0.05) is 35.6 Å². The molecule has 1 aromatic heterocycles. The summed E-state index contributed by atoms with van der Waals surface area (Å²) in [6.07, 6.45) is 2.96. The third-order valence-electron chi connectivity index (χ3n) is 3.51. The van der Waals surface area contributed by atoms with Gasteiger partial charge in [0.05, 0.1) is 6.04 Å². The highest BCUT2D eigenvalue weighted by molar-refractivity contribution is 14.1. The van der Waals surface area contributed by atoms with Crippen LogP contribution in [0.5, 0.6) is 0 Å². The molecule has 2 rings (SSSR count). The van der Waals surface area contributed by atoms with Gasteiger partial charge in [-0.2, -0.15) is 4.98 Å². The molecule has 6 nitrogen and oxygen atoms in total. The number of nitrogens with zero attached hydrogens (tertiary/aromatic N) is 2. The van der Waals surface area contributed by atoms with E-state index in [2.05, 4.69) is 34.5 Å². The van der Waals surface area contributed by atoms with Gasteiger partial charge >= 0.3 is 5.69 Å². The minimum atomic E-state index is -1.03. The highest BCUT2D eigenvalue weighted by Gasteiger charge is 2.36. The van der Waals surface area contributed by atoms with Crippen LogP contribution in [0.25, 0.3) is 0 Å². The normalized spacial score (nSPS) is 27.4. The lowest BCUT2D eigenvalue weighted by Crippen LogP contribution is -2.35. The monoisotopic (exact) mass is 391 g/mol. The second-order valence-electron chi connectivity index (χ2n) is 4.92. The van der Waals surface area contributed by atoms with Crippen LogP contribution in [-0.4, -0.2) is 35.9 Å². The first kappa shape index (κ1) is 15.5. The lowest BCUT2D eigenvalue weighted by molar-refractivity contribution is 0.0299. The van der Waals surface area contributed by atoms with Crippen LogP contribution < -0.4 is 11.4 Å². The zero-order chi connectivity index (χ0) is 14.9. The summed E-state index contributed by atoms with van der Waals surface area (Å²) in [7, 11) is 0. The van der Waals surface area contributed by atoms with Gasteiger partial charge in [0.25, 0.3) is 0 Å². The lowest BCUT2D eigenvalue weighted by Gasteiger charge is -2.19. The van der Waals surface area contributed by atoms with Crippen LogP contribution in [0.4, 0.5) is 5.82 Å². The average Bonchev–Trinajstić information content (AvgIpc) is 2.67. The van der Waals surface area contributed by atoms with Crippen LogP contribution in [-0.2, 0) is 0 Å². The summed E-state index contributed by atoms with van der Waals surface area (Å²) in [5.74, 6) is 0.141. The Morgan fingerprint density at radius 1 is 1.55 bits per heavy atom. The summed E-state index contributed by atoms with van der Waals surface area (Å²) in [4.78, 5) is 15.5. The first-order valence-corrected chi connectivity index (χ1v) is 7.74. The van der Waals surface area contributed by atoms with E-state index >= 15 is 0 Å². The van der Waals surface area contributed by atoms with E-state index in [-0.39, 0.29) is 5.82 Å². The van der Waals surface area contributed by atoms with E-state index in [1.54, 1.807) is 6.08 Å². The van der Waals surface area contributed by atoms with Crippen molar-refractivity contribution in [2.24, 2.45) is 0 Å². The molecule has 110 valence electrons. The molecule has 1 aromatic rings. The predicted octanol–water partition coefficient (Wildman–Crippen LogP) is 0.632. The number of nitrogens with two attached hydrogens (primary N) is 1. The fourth-order valence-electron chi connectivity index (χ4n) is 2.31. The molecule has 0 saturated carbocycles. The molecule has 0 radical (unpaired) electrons. The number of alkyl halides is 1. The molecule has 1 aliphatic rings. The van der Waals surface area contributed by atoms with Crippen LogP contribution in [0.15, 0.2) is 28.7 Å². The standard InChI is InChI=1S/C13H18IN3O3/c1-2-8(14)5-7-6-9(12(19)11(7)18)17-4-3-10(15)16-13(17)20/h3-4,6,8-9,11-12,18-19H,2,5H2,1H3,(H2,15,16,20)/t8?,9?,11-,12+/m1/s1. The van der Waals surface area contributed by atoms with Crippen molar-refractivity contribution < 1.29 is 10.2 Å². The molecule has 4 atom stereocenters. The van der Waals surface area contributed by atoms with Gasteiger partial charge in [0.15, 0.2) is 0 Å². The van der Waals surface area contributed by atoms with Crippen LogP contribution in [0.1, 0.15) is 25.8 Å². The highest BCUT2D eigenvalue weighted by atomic mass is 127. The van der Waals surface area contributed by atoms with Crippen molar-refractivity contribution in [3.05, 3.63) is 34.4 Å². The summed E-state index contributed by atoms with van der Waals surface area (Å²) in [6.45, 7) is 2.07. The molecule has 0 amide bonds. The topological polar surface area (TPSA) is 101 Å². The Morgan fingerprint density at radius 3 is 2.85 bits per heavy atom. The summed E-state index contributed by atoms with van der Waals surface area (Å²) in [5, 5.41) is 20.2. The molecule has 1 aliphatic carbocycles. The third kappa shape index (κ3) is 3.04. The Bertz CT molecular complexity index is 572. The Kier molecular flexibility index (Phi) is 4.82. The minimum Gasteiger partial charge on any atom is -0.388 e. The second kappa shape index (κ2) is 6.23. The Labute approximate surface area is 130 Å². The molecule has 0 aromatic carbocycles. The molecule has 0 spiro atoms. The molecule has 4 N–H and O–H groups in total. The van der Waals surface area contributed by atoms with Gasteiger partial charge in [0.1, 0.15) is 18.0 Å². The van der Waals surface area contributed by atoms with Crippen LogP contribution in [0, 0.1) is 0 Å². The number of nitrogen functional groups attached to an aromatic ring is 1. The number of aromatic nitrogens is 2. The van der Waals surface area contributed by atoms with E-state index < -0.39 is 23.9 Å². The van der Waals surface area contributed by atoms with Crippen molar-refractivity contribution in [3.63, 3.8) is 0 Å². The van der Waals surface area contributed by atoms with Gasteiger partial charge in [-0.05, 0) is 24.5 Å². The first-order valence-electron chi connectivity index (χ1n) is 6.49. The van der Waals surface area contributed by atoms with Gasteiger partial charge in [0.2, 0.25) is 0 Å². The van der Waals surface area contributed by atoms with Crippen molar-refractivity contribution in [2.75, 3.05) is 5.73 Å². The largest absolute Gasteiger partial charge is 0.388 e. The molecule has 20 heavy (non-hydrogen) atoms. The number of hydrogen-bond acceptors (Lipinski definition) is 5. The van der Waals surface area contributed by atoms with Crippen LogP contribution >= 0.6 is 22.6 Å². The lowest BCUT2D eigenvalue weighted by atomic mass is 10.1. The Hall–Kier alpha value is -0.930. The van der Waals surface area contributed by atoms with Crippen molar-refractivity contribution >= 4 is 28.4 Å². The van der Waals surface area contributed by atoms with Crippen molar-refractivity contribution in [1.82, 2.24) is 9.55 Å². The maximum Gasteiger partial charge on any atom is 0.350 e. The molecule has 0 aliphatic heterocycles. The number of hydrogen-bond donors (Lipinski definition) is 3. The van der Waals surface area contributed by atoms with E-state index in [9.17, 15) is 15.0 Å². The van der Waals surface area contributed by atoms with Gasteiger partial charge in [-0.25, -0.2) is 4.79 Å². The molecule has 0 saturated heterocycles. The first-order chi connectivity index (χ1) is 9.43. The average molecular weight is 391 g/mol. The Morgan fingerprint density at radius 2 is 2.25 bits per heavy atom. The quantitative estimate of drug-likeness (QED) is 0.397. The third-order valence-corrected chi connectivity index (χ3v) is 4.83. The fourth-order valence-corrected chi connectivity index (χ4v) is 2.82. The van der Waals surface area contributed by atoms with Crippen molar-refractivity contribution in [1.29, 1.82) is 0 Å². The van der Waals surface area contributed by atoms with E-state index in [1.807, 2.05) is 0 Å². The number of anilines is 1. The zero-order valence-corrected chi connectivity index (χ0v) is 13.3. The number of rotatable bonds is 4. The molecular weight excluding hydrogens is 373 g/mol. The van der Waals surface area contributed by atoms with E-state index in [1.165, 1.54) is 16.8 Å². The van der Waals surface area contributed by atoms with Crippen LogP contribution in [0.3, 0.4) is 0 Å². The summed E-state index contributed by atoms with van der Waals surface area (Å²) >= 11 is 2.31. The summed E-state index contributed by atoms with van der Waals surface area (Å²) in [5.41, 5.74) is 5.69. The minimum absolute atomic E-state index is 0.141. The van der Waals surface area contributed by atoms with Gasteiger partial charge < -0.3 is 15.9 Å². The maximum atomic E-state index is 11.8. The van der Waals surface area contributed by atoms with Crippen molar-refractivity contribution in [2.45, 2.75) is 41.9 Å². The Balaban J connectivity index is 2.30. The fraction of sp³-hybridized carbons (Fsp3) is 0.538. The van der Waals surface area contributed by atoms with E-state index in [0.29, 0.717) is 10.3 Å². The molecule has 1 heterocycles. The maximum absolute atomic E-state index is 11.8. The summed E-state index contributed by atoms with van der Waals surface area (Å²) in [6, 6.07) is 0.903. The van der Waals surface area contributed by atoms with Gasteiger partial charge in [-0.15, -0.1) is 0 Å². The predicted molar refractivity (Wildman–Crippen MR) is 84.8 cm³/mol. The van der Waals surface area contributed by atoms with Gasteiger partial charge in [-0.3, -0.25) is 4.57 Å². The van der Waals surface area contributed by atoms with Gasteiger partial charge in [0, 0.05) is 10.1 Å². The number of halogens is 1. The van der Waals surface area contributed by atoms with Crippen LogP contribution in [0.2, 0.25) is 0 Å². The molecule has 0 bridgehead atoms. The molecule has 7 heteroatoms. The molecular formula is C13H18IN3O3. The van der Waals surface area contributed by atoms with Crippen molar-refractivity contribution in [3.8, 4) is 0 Å². The van der Waals surface area contributed by atoms with E-state index in [4.69, 9.17) is 5.73 Å². The smallest absolute Gasteiger partial charge is 0.350 e. The SMILES string of the molecule is CCC(I)CC1=CC(n2ccc(N)nc2=O)[C@H](O)[C@@H]1O. The molecule has 2 unspecified atom stereocenters.